The second-order valence-electron chi connectivity index (χ2n) is 12.0. The number of rotatable bonds is 16. The van der Waals surface area contributed by atoms with Gasteiger partial charge in [0.25, 0.3) is 0 Å². The van der Waals surface area contributed by atoms with Gasteiger partial charge in [0.15, 0.2) is 12.2 Å². The average Bonchev–Trinajstić information content (AvgIpc) is 3.60. The summed E-state index contributed by atoms with van der Waals surface area (Å²) in [5, 5.41) is 20.1. The molecular weight excluding hydrogens is 663 g/mol. The molecule has 0 amide bonds. The zero-order valence-corrected chi connectivity index (χ0v) is 29.7. The van der Waals surface area contributed by atoms with Gasteiger partial charge >= 0.3 is 31.5 Å². The maximum absolute atomic E-state index is 14.3. The highest BCUT2D eigenvalue weighted by molar-refractivity contribution is 7.54. The Morgan fingerprint density at radius 3 is 2.02 bits per heavy atom. The predicted octanol–water partition coefficient (Wildman–Crippen LogP) is 2.59. The van der Waals surface area contributed by atoms with E-state index < -0.39 is 86.0 Å². The summed E-state index contributed by atoms with van der Waals surface area (Å²) < 4.78 is 49.7. The Bertz CT molecular complexity index is 1580. The molecule has 0 unspecified atom stereocenters. The van der Waals surface area contributed by atoms with Crippen molar-refractivity contribution in [3.63, 3.8) is 0 Å². The second-order valence-corrected chi connectivity index (χ2v) is 13.9. The van der Waals surface area contributed by atoms with Crippen LogP contribution in [0.3, 0.4) is 0 Å². The molecule has 0 aromatic carbocycles. The number of nitrogens with two attached hydrogens (primary N) is 1. The van der Waals surface area contributed by atoms with Gasteiger partial charge in [-0.05, 0) is 45.9 Å². The predicted molar refractivity (Wildman–Crippen MR) is 173 cm³/mol. The molecule has 0 radical (unpaired) electrons. The maximum Gasteiger partial charge on any atom is 0.342 e. The van der Waals surface area contributed by atoms with Gasteiger partial charge in [0, 0.05) is 6.20 Å². The summed E-state index contributed by atoms with van der Waals surface area (Å²) in [4.78, 5) is 51.1. The molecule has 0 spiro atoms. The number of carbonyl (C=O) groups is 4. The Kier molecular flexibility index (Phi) is 13.3. The minimum Gasteiger partial charge on any atom is -0.465 e. The molecule has 3 heterocycles. The molecule has 18 heteroatoms. The lowest BCUT2D eigenvalue weighted by atomic mass is 9.95. The summed E-state index contributed by atoms with van der Waals surface area (Å²) in [6, 6.07) is 4.38. The van der Waals surface area contributed by atoms with Crippen molar-refractivity contribution in [2.45, 2.75) is 91.4 Å². The highest BCUT2D eigenvalue weighted by Crippen LogP contribution is 2.48. The monoisotopic (exact) mass is 708 g/mol. The van der Waals surface area contributed by atoms with Gasteiger partial charge in [-0.1, -0.05) is 27.7 Å². The first kappa shape index (κ1) is 39.4. The van der Waals surface area contributed by atoms with Crippen LogP contribution < -0.4 is 15.9 Å². The molecular formula is C31H45N6O11P. The van der Waals surface area contributed by atoms with Crippen LogP contribution in [0.1, 0.15) is 67.2 Å². The van der Waals surface area contributed by atoms with E-state index in [9.17, 15) is 29.0 Å². The summed E-state index contributed by atoms with van der Waals surface area (Å²) in [5.41, 5.74) is 5.01. The Morgan fingerprint density at radius 1 is 0.959 bits per heavy atom. The molecule has 2 aromatic rings. The number of aromatic nitrogens is 2. The van der Waals surface area contributed by atoms with Crippen LogP contribution in [0.15, 0.2) is 24.4 Å². The van der Waals surface area contributed by atoms with Crippen LogP contribution in [0.4, 0.5) is 5.69 Å². The third kappa shape index (κ3) is 9.14. The van der Waals surface area contributed by atoms with Gasteiger partial charge < -0.3 is 33.9 Å². The number of esters is 4. The van der Waals surface area contributed by atoms with Crippen LogP contribution in [0.2, 0.25) is 0 Å². The largest absolute Gasteiger partial charge is 0.465 e. The van der Waals surface area contributed by atoms with Gasteiger partial charge in [-0.15, -0.1) is 0 Å². The van der Waals surface area contributed by atoms with Gasteiger partial charge in [-0.2, -0.15) is 10.4 Å². The van der Waals surface area contributed by atoms with Crippen LogP contribution in [-0.2, 0) is 52.0 Å². The zero-order valence-electron chi connectivity index (χ0n) is 28.8. The lowest BCUT2D eigenvalue weighted by molar-refractivity contribution is -0.173. The summed E-state index contributed by atoms with van der Waals surface area (Å²) in [5.74, 6) is -4.31. The van der Waals surface area contributed by atoms with E-state index in [4.69, 9.17) is 33.9 Å². The van der Waals surface area contributed by atoms with Crippen LogP contribution >= 0.6 is 7.67 Å². The molecule has 2 aromatic heterocycles. The van der Waals surface area contributed by atoms with Crippen molar-refractivity contribution < 1.29 is 52.0 Å². The first-order valence-corrected chi connectivity index (χ1v) is 17.5. The zero-order chi connectivity index (χ0) is 36.7. The number of fused-ring (bicyclic) bond motifs is 1. The van der Waals surface area contributed by atoms with Crippen molar-refractivity contribution in [3.8, 4) is 6.07 Å². The highest BCUT2D eigenvalue weighted by atomic mass is 31.2. The number of nitrogens with zero attached hydrogens (tertiary/aromatic N) is 3. The van der Waals surface area contributed by atoms with Crippen molar-refractivity contribution in [1.29, 1.82) is 5.26 Å². The fourth-order valence-corrected chi connectivity index (χ4v) is 6.62. The van der Waals surface area contributed by atoms with E-state index in [0.717, 1.165) is 0 Å². The van der Waals surface area contributed by atoms with Gasteiger partial charge in [0.1, 0.15) is 30.9 Å². The minimum absolute atomic E-state index is 0.0315. The molecule has 4 N–H and O–H groups in total. The highest BCUT2D eigenvalue weighted by Gasteiger charge is 2.62. The average molecular weight is 709 g/mol. The number of nitriles is 1. The fraction of sp³-hybridized carbons (Fsp3) is 0.613. The molecule has 17 nitrogen and oxygen atoms in total. The van der Waals surface area contributed by atoms with Gasteiger partial charge in [-0.25, -0.2) is 14.7 Å². The molecule has 0 aliphatic carbocycles. The fourth-order valence-electron chi connectivity index (χ4n) is 4.79. The van der Waals surface area contributed by atoms with Gasteiger partial charge in [0.05, 0.1) is 41.9 Å². The van der Waals surface area contributed by atoms with Crippen LogP contribution in [-0.4, -0.2) is 83.2 Å². The third-order valence-corrected chi connectivity index (χ3v) is 9.34. The number of ether oxygens (including phenoxy) is 5. The molecule has 0 bridgehead atoms. The van der Waals surface area contributed by atoms with Crippen LogP contribution in [0.5, 0.6) is 0 Å². The number of carbonyl (C=O) groups excluding carboxylic acids is 4. The molecule has 1 saturated heterocycles. The van der Waals surface area contributed by atoms with Gasteiger partial charge in [0.2, 0.25) is 5.60 Å². The number of anilines is 1. The van der Waals surface area contributed by atoms with E-state index in [-0.39, 0.29) is 18.9 Å². The molecule has 1 aliphatic heterocycles. The Morgan fingerprint density at radius 2 is 1.51 bits per heavy atom. The number of nitrogens with one attached hydrogen (secondary N) is 2. The van der Waals surface area contributed by atoms with E-state index in [1.54, 1.807) is 59.7 Å². The molecule has 0 saturated carbocycles. The normalized spacial score (nSPS) is 22.0. The maximum atomic E-state index is 14.3. The molecule has 1 aliphatic rings. The van der Waals surface area contributed by atoms with E-state index in [2.05, 4.69) is 15.3 Å². The Labute approximate surface area is 284 Å². The molecule has 3 rings (SSSR count). The first-order chi connectivity index (χ1) is 23.0. The Hall–Kier alpha value is -4.07. The number of hydrogen-bond donors (Lipinski definition) is 3. The van der Waals surface area contributed by atoms with Crippen molar-refractivity contribution in [3.05, 3.63) is 30.1 Å². The molecule has 270 valence electrons. The van der Waals surface area contributed by atoms with E-state index in [0.29, 0.717) is 11.2 Å². The SMILES string of the molecule is CCOC(=O)[C@H](C)NP(=O)(N[C@@H](C)C(=O)OCC)OC[C@@]1(C#N)O[C@@H](c2ccc3c(N)ccnn23)[C@H](OC(=O)C(C)C)[C@@H]1OC(=O)C(C)C. The number of hydrogen-bond acceptors (Lipinski definition) is 14. The van der Waals surface area contributed by atoms with Crippen molar-refractivity contribution in [2.24, 2.45) is 11.8 Å². The van der Waals surface area contributed by atoms with E-state index in [1.165, 1.54) is 24.6 Å². The van der Waals surface area contributed by atoms with E-state index in [1.807, 2.05) is 6.07 Å². The van der Waals surface area contributed by atoms with Crippen LogP contribution in [0, 0.1) is 23.2 Å². The molecule has 1 fully saturated rings. The molecule has 6 atom stereocenters. The van der Waals surface area contributed by atoms with Crippen molar-refractivity contribution in [2.75, 3.05) is 25.6 Å². The second kappa shape index (κ2) is 16.6. The standard InChI is InChI=1S/C31H45N6O11P/c1-9-43-29(40)19(7)35-49(42,36-20(8)30(41)44-10-2)45-16-31(15-32)26(47-28(39)18(5)6)25(46-27(38)17(3)4)24(48-31)23-12-11-22-21(33)13-14-34-37(22)23/h11-14,17-20,24-26H,9-10,16,33H2,1-8H3,(H2,35,36,42)/t19-,20-,24-,25-,26-,31+/m0/s1. The van der Waals surface area contributed by atoms with E-state index >= 15 is 0 Å². The van der Waals surface area contributed by atoms with Gasteiger partial charge in [-0.3, -0.25) is 23.7 Å². The lowest BCUT2D eigenvalue weighted by Gasteiger charge is -2.32. The summed E-state index contributed by atoms with van der Waals surface area (Å²) in [7, 11) is -4.48. The van der Waals surface area contributed by atoms with Crippen LogP contribution in [0.25, 0.3) is 5.52 Å². The summed E-state index contributed by atoms with van der Waals surface area (Å²) in [6.07, 6.45) is -2.91. The van der Waals surface area contributed by atoms with Crippen molar-refractivity contribution >= 4 is 42.8 Å². The first-order valence-electron chi connectivity index (χ1n) is 15.9. The lowest BCUT2D eigenvalue weighted by Crippen LogP contribution is -2.51. The summed E-state index contributed by atoms with van der Waals surface area (Å²) in [6.45, 7) is 11.4. The quantitative estimate of drug-likeness (QED) is 0.129. The Balaban J connectivity index is 2.14. The minimum atomic E-state index is -4.48. The topological polar surface area (TPSA) is 232 Å². The molecule has 49 heavy (non-hydrogen) atoms. The number of nitrogen functional groups attached to an aromatic ring is 1. The smallest absolute Gasteiger partial charge is 0.342 e. The third-order valence-electron chi connectivity index (χ3n) is 7.40. The van der Waals surface area contributed by atoms with Crippen molar-refractivity contribution in [1.82, 2.24) is 19.8 Å². The summed E-state index contributed by atoms with van der Waals surface area (Å²) >= 11 is 0.